The molecule has 0 saturated heterocycles. The topological polar surface area (TPSA) is 50.2 Å². The van der Waals surface area contributed by atoms with Crippen molar-refractivity contribution in [3.63, 3.8) is 0 Å². The van der Waals surface area contributed by atoms with Gasteiger partial charge < -0.3 is 5.11 Å². The van der Waals surface area contributed by atoms with Crippen molar-refractivity contribution in [3.05, 3.63) is 28.6 Å². The number of rotatable bonds is 3. The molecule has 3 nitrogen and oxygen atoms in total. The SMILES string of the molecule is Cc1cc(C(=O)O)nc(CCl)c1C(F)F. The maximum Gasteiger partial charge on any atom is 0.354 e. The minimum absolute atomic E-state index is 0.0796. The summed E-state index contributed by atoms with van der Waals surface area (Å²) >= 11 is 5.44. The van der Waals surface area contributed by atoms with Crippen molar-refractivity contribution in [2.24, 2.45) is 0 Å². The lowest BCUT2D eigenvalue weighted by Crippen LogP contribution is -2.07. The smallest absolute Gasteiger partial charge is 0.354 e. The largest absolute Gasteiger partial charge is 0.477 e. The van der Waals surface area contributed by atoms with Crippen LogP contribution in [0.25, 0.3) is 0 Å². The summed E-state index contributed by atoms with van der Waals surface area (Å²) in [6.45, 7) is 1.41. The third-order valence-corrected chi connectivity index (χ3v) is 2.16. The molecule has 0 amide bonds. The lowest BCUT2D eigenvalue weighted by molar-refractivity contribution is 0.0689. The number of hydrogen-bond donors (Lipinski definition) is 1. The van der Waals surface area contributed by atoms with Crippen molar-refractivity contribution in [2.75, 3.05) is 0 Å². The molecule has 82 valence electrons. The fourth-order valence-corrected chi connectivity index (χ4v) is 1.46. The third-order valence-electron chi connectivity index (χ3n) is 1.91. The van der Waals surface area contributed by atoms with Crippen LogP contribution in [0.3, 0.4) is 0 Å². The zero-order valence-corrected chi connectivity index (χ0v) is 8.55. The van der Waals surface area contributed by atoms with E-state index in [9.17, 15) is 13.6 Å². The first-order valence-electron chi connectivity index (χ1n) is 4.05. The molecule has 15 heavy (non-hydrogen) atoms. The molecule has 0 fully saturated rings. The van der Waals surface area contributed by atoms with Crippen LogP contribution in [-0.4, -0.2) is 16.1 Å². The van der Waals surface area contributed by atoms with E-state index >= 15 is 0 Å². The molecule has 0 radical (unpaired) electrons. The van der Waals surface area contributed by atoms with Gasteiger partial charge in [0.05, 0.1) is 11.6 Å². The van der Waals surface area contributed by atoms with E-state index in [2.05, 4.69) is 4.98 Å². The molecule has 0 spiro atoms. The molecule has 1 heterocycles. The minimum Gasteiger partial charge on any atom is -0.477 e. The number of nitrogens with zero attached hydrogens (tertiary/aromatic N) is 1. The first kappa shape index (κ1) is 11.8. The van der Waals surface area contributed by atoms with Crippen LogP contribution in [0.4, 0.5) is 8.78 Å². The molecule has 0 unspecified atom stereocenters. The molecular weight excluding hydrogens is 228 g/mol. The number of aromatic carboxylic acids is 1. The van der Waals surface area contributed by atoms with Crippen LogP contribution in [0.2, 0.25) is 0 Å². The van der Waals surface area contributed by atoms with E-state index in [1.54, 1.807) is 0 Å². The van der Waals surface area contributed by atoms with Gasteiger partial charge in [0.15, 0.2) is 0 Å². The Labute approximate surface area is 89.7 Å². The summed E-state index contributed by atoms with van der Waals surface area (Å²) in [6.07, 6.45) is -2.70. The van der Waals surface area contributed by atoms with Gasteiger partial charge in [-0.25, -0.2) is 18.6 Å². The van der Waals surface area contributed by atoms with E-state index < -0.39 is 12.4 Å². The Balaban J connectivity index is 3.37. The number of hydrogen-bond acceptors (Lipinski definition) is 2. The van der Waals surface area contributed by atoms with Crippen LogP contribution >= 0.6 is 11.6 Å². The first-order valence-corrected chi connectivity index (χ1v) is 4.58. The van der Waals surface area contributed by atoms with Gasteiger partial charge in [-0.2, -0.15) is 0 Å². The maximum absolute atomic E-state index is 12.6. The molecule has 1 aromatic rings. The van der Waals surface area contributed by atoms with Crippen molar-refractivity contribution >= 4 is 17.6 Å². The monoisotopic (exact) mass is 235 g/mol. The highest BCUT2D eigenvalue weighted by molar-refractivity contribution is 6.17. The van der Waals surface area contributed by atoms with Crippen LogP contribution < -0.4 is 0 Å². The van der Waals surface area contributed by atoms with Crippen LogP contribution in [0.15, 0.2) is 6.07 Å². The molecule has 6 heteroatoms. The molecule has 0 aliphatic heterocycles. The predicted octanol–water partition coefficient (Wildman–Crippen LogP) is 2.76. The van der Waals surface area contributed by atoms with Gasteiger partial charge in [0, 0.05) is 5.56 Å². The number of carbonyl (C=O) groups is 1. The van der Waals surface area contributed by atoms with E-state index in [1.807, 2.05) is 0 Å². The number of halogens is 3. The highest BCUT2D eigenvalue weighted by Crippen LogP contribution is 2.27. The Morgan fingerprint density at radius 1 is 1.67 bits per heavy atom. The Hall–Kier alpha value is -1.23. The standard InChI is InChI=1S/C9H8ClF2NO2/c1-4-2-5(9(14)15)13-6(3-10)7(4)8(11)12/h2,8H,3H2,1H3,(H,14,15). The number of carboxylic acids is 1. The van der Waals surface area contributed by atoms with Crippen molar-refractivity contribution < 1.29 is 18.7 Å². The summed E-state index contributed by atoms with van der Waals surface area (Å²) < 4.78 is 25.1. The summed E-state index contributed by atoms with van der Waals surface area (Å²) in [5, 5.41) is 8.67. The lowest BCUT2D eigenvalue weighted by atomic mass is 10.1. The molecule has 0 saturated carbocycles. The Kier molecular flexibility index (Phi) is 3.57. The molecule has 1 N–H and O–H groups in total. The number of alkyl halides is 3. The maximum atomic E-state index is 12.6. The molecule has 0 bridgehead atoms. The van der Waals surface area contributed by atoms with Gasteiger partial charge in [-0.15, -0.1) is 11.6 Å². The van der Waals surface area contributed by atoms with Gasteiger partial charge in [-0.05, 0) is 18.6 Å². The Bertz CT molecular complexity index is 396. The van der Waals surface area contributed by atoms with Crippen molar-refractivity contribution in [1.29, 1.82) is 0 Å². The van der Waals surface area contributed by atoms with E-state index in [-0.39, 0.29) is 28.4 Å². The van der Waals surface area contributed by atoms with Gasteiger partial charge >= 0.3 is 5.97 Å². The summed E-state index contributed by atoms with van der Waals surface area (Å²) in [5.74, 6) is -1.49. The molecule has 1 rings (SSSR count). The molecule has 0 aromatic carbocycles. The second-order valence-corrected chi connectivity index (χ2v) is 3.19. The minimum atomic E-state index is -2.70. The number of aromatic nitrogens is 1. The number of aryl methyl sites for hydroxylation is 1. The average molecular weight is 236 g/mol. The third kappa shape index (κ3) is 2.41. The van der Waals surface area contributed by atoms with Crippen LogP contribution in [0.5, 0.6) is 0 Å². The lowest BCUT2D eigenvalue weighted by Gasteiger charge is -2.09. The second-order valence-electron chi connectivity index (χ2n) is 2.92. The highest BCUT2D eigenvalue weighted by atomic mass is 35.5. The molecule has 0 aliphatic carbocycles. The van der Waals surface area contributed by atoms with E-state index in [1.165, 1.54) is 6.92 Å². The Morgan fingerprint density at radius 2 is 2.27 bits per heavy atom. The zero-order chi connectivity index (χ0) is 11.6. The van der Waals surface area contributed by atoms with Crippen LogP contribution in [0.1, 0.15) is 33.7 Å². The number of carboxylic acid groups (broad SMARTS) is 1. The van der Waals surface area contributed by atoms with Crippen LogP contribution in [-0.2, 0) is 5.88 Å². The normalized spacial score (nSPS) is 10.7. The van der Waals surface area contributed by atoms with Gasteiger partial charge in [0.2, 0.25) is 0 Å². The molecule has 1 aromatic heterocycles. The van der Waals surface area contributed by atoms with Crippen molar-refractivity contribution in [3.8, 4) is 0 Å². The fourth-order valence-electron chi connectivity index (χ4n) is 1.26. The van der Waals surface area contributed by atoms with Gasteiger partial charge in [-0.1, -0.05) is 0 Å². The number of pyridine rings is 1. The summed E-state index contributed by atoms with van der Waals surface area (Å²) in [5.41, 5.74) is -0.445. The van der Waals surface area contributed by atoms with Gasteiger partial charge in [0.1, 0.15) is 5.69 Å². The first-order chi connectivity index (χ1) is 6.97. The van der Waals surface area contributed by atoms with E-state index in [4.69, 9.17) is 16.7 Å². The van der Waals surface area contributed by atoms with Crippen molar-refractivity contribution in [1.82, 2.24) is 4.98 Å². The summed E-state index contributed by atoms with van der Waals surface area (Å²) in [7, 11) is 0. The van der Waals surface area contributed by atoms with E-state index in [0.717, 1.165) is 6.07 Å². The van der Waals surface area contributed by atoms with E-state index in [0.29, 0.717) is 0 Å². The fraction of sp³-hybridized carbons (Fsp3) is 0.333. The molecular formula is C9H8ClF2NO2. The second kappa shape index (κ2) is 4.53. The Morgan fingerprint density at radius 3 is 2.67 bits per heavy atom. The zero-order valence-electron chi connectivity index (χ0n) is 7.80. The van der Waals surface area contributed by atoms with Gasteiger partial charge in [-0.3, -0.25) is 0 Å². The molecule has 0 aliphatic rings. The predicted molar refractivity (Wildman–Crippen MR) is 50.4 cm³/mol. The quantitative estimate of drug-likeness (QED) is 0.820. The highest BCUT2D eigenvalue weighted by Gasteiger charge is 2.19. The van der Waals surface area contributed by atoms with Crippen LogP contribution in [0, 0.1) is 6.92 Å². The molecule has 0 atom stereocenters. The van der Waals surface area contributed by atoms with Gasteiger partial charge in [0.25, 0.3) is 6.43 Å². The average Bonchev–Trinajstić information content (AvgIpc) is 2.15. The summed E-state index contributed by atoms with van der Waals surface area (Å²) in [4.78, 5) is 14.2. The van der Waals surface area contributed by atoms with Crippen molar-refractivity contribution in [2.45, 2.75) is 19.2 Å². The summed E-state index contributed by atoms with van der Waals surface area (Å²) in [6, 6.07) is 1.11.